The minimum absolute atomic E-state index is 0.0769. The van der Waals surface area contributed by atoms with Crippen LogP contribution in [0.5, 0.6) is 5.75 Å². The second-order valence-corrected chi connectivity index (χ2v) is 10.2. The van der Waals surface area contributed by atoms with Crippen LogP contribution in [0.2, 0.25) is 0 Å². The molecule has 1 atom stereocenters. The Hall–Kier alpha value is -3.52. The molecule has 0 spiro atoms. The maximum absolute atomic E-state index is 13.2. The lowest BCUT2D eigenvalue weighted by Gasteiger charge is -2.33. The first kappa shape index (κ1) is 26.5. The van der Waals surface area contributed by atoms with Crippen LogP contribution in [0.15, 0.2) is 53.3 Å². The first-order valence-electron chi connectivity index (χ1n) is 13.1. The van der Waals surface area contributed by atoms with Crippen molar-refractivity contribution in [1.29, 1.82) is 0 Å². The number of H-pyrrole nitrogens is 1. The largest absolute Gasteiger partial charge is 0.494 e. The second-order valence-electron chi connectivity index (χ2n) is 10.2. The van der Waals surface area contributed by atoms with Crippen LogP contribution >= 0.6 is 0 Å². The van der Waals surface area contributed by atoms with Crippen molar-refractivity contribution < 1.29 is 4.74 Å². The monoisotopic (exact) mass is 502 g/mol. The number of fused-ring (bicyclic) bond motifs is 1. The van der Waals surface area contributed by atoms with E-state index >= 15 is 0 Å². The molecule has 2 aromatic carbocycles. The molecule has 2 heterocycles. The molecule has 0 aliphatic heterocycles. The van der Waals surface area contributed by atoms with Crippen molar-refractivity contribution in [3.63, 3.8) is 0 Å². The average Bonchev–Trinajstić information content (AvgIpc) is 3.37. The number of nitrogens with zero attached hydrogens (tertiary/aromatic N) is 5. The minimum atomic E-state index is -0.224. The Morgan fingerprint density at radius 3 is 2.49 bits per heavy atom. The Bertz CT molecular complexity index is 1390. The molecule has 4 rings (SSSR count). The highest BCUT2D eigenvalue weighted by Crippen LogP contribution is 2.30. The summed E-state index contributed by atoms with van der Waals surface area (Å²) in [5.41, 5.74) is 3.57. The van der Waals surface area contributed by atoms with E-state index in [9.17, 15) is 4.79 Å². The van der Waals surface area contributed by atoms with Gasteiger partial charge >= 0.3 is 0 Å². The maximum atomic E-state index is 13.2. The van der Waals surface area contributed by atoms with Crippen LogP contribution in [0.4, 0.5) is 0 Å². The molecule has 0 saturated carbocycles. The van der Waals surface area contributed by atoms with Gasteiger partial charge in [-0.3, -0.25) is 9.69 Å². The van der Waals surface area contributed by atoms with Gasteiger partial charge in [-0.15, -0.1) is 5.10 Å². The van der Waals surface area contributed by atoms with Crippen molar-refractivity contribution in [3.8, 4) is 5.75 Å². The molecule has 0 saturated heterocycles. The fraction of sp³-hybridized carbons (Fsp3) is 0.448. The number of tetrazole rings is 1. The van der Waals surface area contributed by atoms with Crippen LogP contribution < -0.4 is 10.3 Å². The first-order chi connectivity index (χ1) is 17.7. The zero-order valence-electron chi connectivity index (χ0n) is 22.8. The number of rotatable bonds is 11. The number of nitrogens with one attached hydrogen (secondary N) is 1. The summed E-state index contributed by atoms with van der Waals surface area (Å²) in [6, 6.07) is 16.2. The van der Waals surface area contributed by atoms with E-state index in [4.69, 9.17) is 4.74 Å². The summed E-state index contributed by atoms with van der Waals surface area (Å²) in [7, 11) is 0. The van der Waals surface area contributed by atoms with Gasteiger partial charge in [-0.2, -0.15) is 0 Å². The van der Waals surface area contributed by atoms with Gasteiger partial charge in [0.2, 0.25) is 0 Å². The summed E-state index contributed by atoms with van der Waals surface area (Å²) < 4.78 is 7.63. The lowest BCUT2D eigenvalue weighted by Crippen LogP contribution is -2.36. The van der Waals surface area contributed by atoms with Gasteiger partial charge in [0.25, 0.3) is 5.56 Å². The van der Waals surface area contributed by atoms with E-state index in [1.807, 2.05) is 35.9 Å². The van der Waals surface area contributed by atoms with E-state index in [0.29, 0.717) is 25.3 Å². The number of pyridine rings is 1. The van der Waals surface area contributed by atoms with Crippen molar-refractivity contribution in [3.05, 3.63) is 81.4 Å². The highest BCUT2D eigenvalue weighted by atomic mass is 16.5. The Balaban J connectivity index is 1.77. The zero-order chi connectivity index (χ0) is 26.6. The SMILES string of the molecule is CCOc1ccc2[nH]c(=O)c(CN(Cc3ccc(C)cc3)[C@H](CC)c3nnnn3C(C)(C)CC)cc2c1. The molecule has 1 N–H and O–H groups in total. The molecule has 0 aliphatic carbocycles. The van der Waals surface area contributed by atoms with Crippen molar-refractivity contribution in [2.75, 3.05) is 6.61 Å². The molecular weight excluding hydrogens is 464 g/mol. The van der Waals surface area contributed by atoms with Crippen LogP contribution in [0.25, 0.3) is 10.9 Å². The predicted molar refractivity (Wildman–Crippen MR) is 147 cm³/mol. The summed E-state index contributed by atoms with van der Waals surface area (Å²) in [5, 5.41) is 13.8. The van der Waals surface area contributed by atoms with Gasteiger partial charge in [0.05, 0.1) is 18.2 Å². The maximum Gasteiger partial charge on any atom is 0.252 e. The molecule has 8 heteroatoms. The Morgan fingerprint density at radius 1 is 1.05 bits per heavy atom. The van der Waals surface area contributed by atoms with Gasteiger partial charge in [0, 0.05) is 29.6 Å². The fourth-order valence-electron chi connectivity index (χ4n) is 4.61. The zero-order valence-corrected chi connectivity index (χ0v) is 22.8. The smallest absolute Gasteiger partial charge is 0.252 e. The van der Waals surface area contributed by atoms with E-state index in [2.05, 4.69) is 84.3 Å². The van der Waals surface area contributed by atoms with E-state index in [-0.39, 0.29) is 17.1 Å². The van der Waals surface area contributed by atoms with Crippen LogP contribution in [0, 0.1) is 6.92 Å². The summed E-state index contributed by atoms with van der Waals surface area (Å²) >= 11 is 0. The summed E-state index contributed by atoms with van der Waals surface area (Å²) in [6.45, 7) is 14.3. The summed E-state index contributed by atoms with van der Waals surface area (Å²) in [4.78, 5) is 18.6. The summed E-state index contributed by atoms with van der Waals surface area (Å²) in [5.74, 6) is 1.61. The number of ether oxygens (including phenoxy) is 1. The number of aryl methyl sites for hydroxylation is 1. The van der Waals surface area contributed by atoms with Gasteiger partial charge in [-0.05, 0) is 80.8 Å². The van der Waals surface area contributed by atoms with Crippen LogP contribution in [0.1, 0.15) is 76.0 Å². The normalized spacial score (nSPS) is 12.8. The second kappa shape index (κ2) is 11.3. The lowest BCUT2D eigenvalue weighted by molar-refractivity contribution is 0.150. The van der Waals surface area contributed by atoms with Crippen LogP contribution in [-0.4, -0.2) is 36.7 Å². The molecule has 0 amide bonds. The quantitative estimate of drug-likeness (QED) is 0.290. The molecule has 37 heavy (non-hydrogen) atoms. The average molecular weight is 503 g/mol. The first-order valence-corrected chi connectivity index (χ1v) is 13.1. The van der Waals surface area contributed by atoms with Crippen molar-refractivity contribution in [1.82, 2.24) is 30.1 Å². The molecule has 0 radical (unpaired) electrons. The molecule has 0 bridgehead atoms. The lowest BCUT2D eigenvalue weighted by atomic mass is 10.0. The Morgan fingerprint density at radius 2 is 1.81 bits per heavy atom. The third-order valence-corrected chi connectivity index (χ3v) is 7.14. The van der Waals surface area contributed by atoms with Gasteiger partial charge in [0.1, 0.15) is 5.75 Å². The number of hydrogen-bond acceptors (Lipinski definition) is 6. The Kier molecular flexibility index (Phi) is 8.07. The standard InChI is InChI=1S/C29H38N6O2/c1-7-26(27-31-32-33-35(27)29(5,6)8-2)34(18-21-12-10-20(4)11-13-21)19-23-16-22-17-24(37-9-3)14-15-25(22)30-28(23)36/h10-17,26H,7-9,18-19H2,1-6H3,(H,30,36)/t26-/m1/s1. The minimum Gasteiger partial charge on any atom is -0.494 e. The molecule has 196 valence electrons. The fourth-order valence-corrected chi connectivity index (χ4v) is 4.61. The van der Waals surface area contributed by atoms with E-state index in [0.717, 1.165) is 35.3 Å². The molecular formula is C29H38N6O2. The van der Waals surface area contributed by atoms with Gasteiger partial charge in [-0.25, -0.2) is 4.68 Å². The van der Waals surface area contributed by atoms with E-state index < -0.39 is 0 Å². The number of hydrogen-bond donors (Lipinski definition) is 1. The number of aromatic amines is 1. The van der Waals surface area contributed by atoms with E-state index in [1.165, 1.54) is 11.1 Å². The summed E-state index contributed by atoms with van der Waals surface area (Å²) in [6.07, 6.45) is 1.69. The molecule has 8 nitrogen and oxygen atoms in total. The highest BCUT2D eigenvalue weighted by molar-refractivity contribution is 5.80. The molecule has 0 unspecified atom stereocenters. The predicted octanol–water partition coefficient (Wildman–Crippen LogP) is 5.52. The Labute approximate surface area is 218 Å². The van der Waals surface area contributed by atoms with Gasteiger partial charge < -0.3 is 9.72 Å². The van der Waals surface area contributed by atoms with E-state index in [1.54, 1.807) is 0 Å². The molecule has 0 fully saturated rings. The topological polar surface area (TPSA) is 88.9 Å². The third-order valence-electron chi connectivity index (χ3n) is 7.14. The van der Waals surface area contributed by atoms with Gasteiger partial charge in [-0.1, -0.05) is 43.7 Å². The highest BCUT2D eigenvalue weighted by Gasteiger charge is 2.31. The van der Waals surface area contributed by atoms with Crippen molar-refractivity contribution >= 4 is 10.9 Å². The molecule has 4 aromatic rings. The van der Waals surface area contributed by atoms with Gasteiger partial charge in [0.15, 0.2) is 5.82 Å². The van der Waals surface area contributed by atoms with Crippen molar-refractivity contribution in [2.24, 2.45) is 0 Å². The molecule has 2 aromatic heterocycles. The van der Waals surface area contributed by atoms with Crippen LogP contribution in [0.3, 0.4) is 0 Å². The number of benzene rings is 2. The number of aromatic nitrogens is 5. The molecule has 0 aliphatic rings. The third kappa shape index (κ3) is 5.91. The van der Waals surface area contributed by atoms with Crippen LogP contribution in [-0.2, 0) is 18.6 Å². The van der Waals surface area contributed by atoms with Crippen molar-refractivity contribution in [2.45, 2.75) is 79.1 Å².